The number of aryl methyl sites for hydroxylation is 3. The number of nitrogens with one attached hydrogen (secondary N) is 2. The van der Waals surface area contributed by atoms with Crippen molar-refractivity contribution in [1.82, 2.24) is 19.9 Å². The fourth-order valence-electron chi connectivity index (χ4n) is 5.59. The van der Waals surface area contributed by atoms with E-state index in [0.717, 1.165) is 57.8 Å². The van der Waals surface area contributed by atoms with Gasteiger partial charge in [0.2, 0.25) is 0 Å². The lowest BCUT2D eigenvalue weighted by Gasteiger charge is -2.27. The molecule has 0 spiro atoms. The minimum Gasteiger partial charge on any atom is -0.357 e. The number of anilines is 1. The Labute approximate surface area is 223 Å². The van der Waals surface area contributed by atoms with Crippen molar-refractivity contribution in [3.8, 4) is 11.1 Å². The molecule has 1 aliphatic rings. The standard InChI is InChI=1S/C31H37N5O2/c1-19(2)36-18-21(4)29-25(30(37)33-17-26-20(3)13-22(5)34-31(26)38)14-24(15-27(29)36)23-9-10-28(32-16-23)35-11-7-6-8-12-35/h9-10,13-16,18-19H,6-8,11-12,17H2,1-5H3,(H,33,37)(H,34,38). The zero-order valence-electron chi connectivity index (χ0n) is 23.0. The molecule has 0 atom stereocenters. The second kappa shape index (κ2) is 10.5. The van der Waals surface area contributed by atoms with E-state index in [1.807, 2.05) is 39.1 Å². The number of pyridine rings is 2. The van der Waals surface area contributed by atoms with Gasteiger partial charge in [0.05, 0.1) is 0 Å². The summed E-state index contributed by atoms with van der Waals surface area (Å²) in [7, 11) is 0. The number of nitrogens with zero attached hydrogens (tertiary/aromatic N) is 3. The first-order chi connectivity index (χ1) is 18.2. The summed E-state index contributed by atoms with van der Waals surface area (Å²) < 4.78 is 2.22. The third-order valence-electron chi connectivity index (χ3n) is 7.60. The first kappa shape index (κ1) is 25.8. The van der Waals surface area contributed by atoms with Crippen LogP contribution in [0.4, 0.5) is 5.82 Å². The smallest absolute Gasteiger partial charge is 0.253 e. The molecule has 7 heteroatoms. The lowest BCUT2D eigenvalue weighted by Crippen LogP contribution is -2.29. The largest absolute Gasteiger partial charge is 0.357 e. The fourth-order valence-corrected chi connectivity index (χ4v) is 5.59. The van der Waals surface area contributed by atoms with Crippen LogP contribution in [0.2, 0.25) is 0 Å². The van der Waals surface area contributed by atoms with Crippen molar-refractivity contribution in [2.45, 2.75) is 66.5 Å². The lowest BCUT2D eigenvalue weighted by atomic mass is 9.98. The van der Waals surface area contributed by atoms with Crippen LogP contribution in [-0.4, -0.2) is 33.5 Å². The predicted octanol–water partition coefficient (Wildman–Crippen LogP) is 5.82. The average molecular weight is 512 g/mol. The molecule has 38 heavy (non-hydrogen) atoms. The van der Waals surface area contributed by atoms with Crippen LogP contribution in [0.25, 0.3) is 22.0 Å². The van der Waals surface area contributed by atoms with Crippen LogP contribution >= 0.6 is 0 Å². The Bertz CT molecular complexity index is 1540. The Kier molecular flexibility index (Phi) is 7.11. The molecule has 0 saturated carbocycles. The molecule has 1 saturated heterocycles. The molecule has 5 rings (SSSR count). The summed E-state index contributed by atoms with van der Waals surface area (Å²) in [6, 6.07) is 10.5. The van der Waals surface area contributed by atoms with Crippen molar-refractivity contribution in [2.24, 2.45) is 0 Å². The maximum absolute atomic E-state index is 13.6. The summed E-state index contributed by atoms with van der Waals surface area (Å²) in [5.74, 6) is 0.811. The second-order valence-corrected chi connectivity index (χ2v) is 10.8. The van der Waals surface area contributed by atoms with Crippen LogP contribution in [0.3, 0.4) is 0 Å². The van der Waals surface area contributed by atoms with Crippen LogP contribution in [0, 0.1) is 20.8 Å². The molecule has 4 heterocycles. The number of carbonyl (C=O) groups is 1. The van der Waals surface area contributed by atoms with E-state index in [-0.39, 0.29) is 24.1 Å². The molecule has 3 aromatic heterocycles. The van der Waals surface area contributed by atoms with Gasteiger partial charge in [0.1, 0.15) is 5.82 Å². The van der Waals surface area contributed by atoms with Crippen LogP contribution in [0.1, 0.15) is 71.9 Å². The molecule has 0 radical (unpaired) electrons. The first-order valence-electron chi connectivity index (χ1n) is 13.6. The van der Waals surface area contributed by atoms with Crippen molar-refractivity contribution in [1.29, 1.82) is 0 Å². The third kappa shape index (κ3) is 4.97. The molecule has 1 amide bonds. The van der Waals surface area contributed by atoms with E-state index < -0.39 is 0 Å². The lowest BCUT2D eigenvalue weighted by molar-refractivity contribution is 0.0952. The number of rotatable bonds is 6. The molecule has 1 fully saturated rings. The average Bonchev–Trinajstić information content (AvgIpc) is 3.24. The van der Waals surface area contributed by atoms with Crippen molar-refractivity contribution in [3.05, 3.63) is 81.0 Å². The molecule has 1 aromatic carbocycles. The minimum atomic E-state index is -0.196. The molecule has 7 nitrogen and oxygen atoms in total. The number of hydrogen-bond donors (Lipinski definition) is 2. The highest BCUT2D eigenvalue weighted by Crippen LogP contribution is 2.33. The Hall–Kier alpha value is -3.87. The molecule has 0 bridgehead atoms. The number of benzene rings is 1. The van der Waals surface area contributed by atoms with Gasteiger partial charge in [-0.05, 0) is 101 Å². The fraction of sp³-hybridized carbons (Fsp3) is 0.387. The van der Waals surface area contributed by atoms with Crippen LogP contribution in [0.15, 0.2) is 47.5 Å². The number of carbonyl (C=O) groups excluding carboxylic acids is 1. The molecule has 0 unspecified atom stereocenters. The van der Waals surface area contributed by atoms with E-state index in [9.17, 15) is 9.59 Å². The minimum absolute atomic E-state index is 0.163. The van der Waals surface area contributed by atoms with Crippen molar-refractivity contribution in [2.75, 3.05) is 18.0 Å². The number of hydrogen-bond acceptors (Lipinski definition) is 4. The Balaban J connectivity index is 1.53. The van der Waals surface area contributed by atoms with Crippen LogP contribution in [0.5, 0.6) is 0 Å². The molecule has 2 N–H and O–H groups in total. The van der Waals surface area contributed by atoms with Gasteiger partial charge in [0.15, 0.2) is 0 Å². The van der Waals surface area contributed by atoms with Gasteiger partial charge in [-0.15, -0.1) is 0 Å². The maximum atomic E-state index is 13.6. The quantitative estimate of drug-likeness (QED) is 0.342. The van der Waals surface area contributed by atoms with Gasteiger partial charge in [-0.1, -0.05) is 0 Å². The number of aromatic amines is 1. The molecule has 198 valence electrons. The highest BCUT2D eigenvalue weighted by Gasteiger charge is 2.20. The van der Waals surface area contributed by atoms with Gasteiger partial charge < -0.3 is 19.8 Å². The Morgan fingerprint density at radius 2 is 1.79 bits per heavy atom. The van der Waals surface area contributed by atoms with Crippen molar-refractivity contribution < 1.29 is 4.79 Å². The monoisotopic (exact) mass is 511 g/mol. The molecule has 0 aliphatic carbocycles. The second-order valence-electron chi connectivity index (χ2n) is 10.8. The zero-order chi connectivity index (χ0) is 27.0. The predicted molar refractivity (Wildman–Crippen MR) is 154 cm³/mol. The van der Waals surface area contributed by atoms with E-state index in [4.69, 9.17) is 4.98 Å². The van der Waals surface area contributed by atoms with Gasteiger partial charge in [-0.25, -0.2) is 4.98 Å². The number of piperidine rings is 1. The summed E-state index contributed by atoms with van der Waals surface area (Å²) in [6.45, 7) is 12.4. The summed E-state index contributed by atoms with van der Waals surface area (Å²) in [4.78, 5) is 36.1. The van der Waals surface area contributed by atoms with Crippen molar-refractivity contribution >= 4 is 22.6 Å². The van der Waals surface area contributed by atoms with Crippen molar-refractivity contribution in [3.63, 3.8) is 0 Å². The molecule has 1 aliphatic heterocycles. The normalized spacial score (nSPS) is 13.9. The van der Waals surface area contributed by atoms with Gasteiger partial charge in [-0.2, -0.15) is 0 Å². The van der Waals surface area contributed by atoms with Gasteiger partial charge >= 0.3 is 0 Å². The molecule has 4 aromatic rings. The number of aromatic nitrogens is 3. The van der Waals surface area contributed by atoms with Crippen LogP contribution < -0.4 is 15.8 Å². The summed E-state index contributed by atoms with van der Waals surface area (Å²) in [6.07, 6.45) is 7.72. The number of H-pyrrole nitrogens is 1. The Morgan fingerprint density at radius 1 is 1.03 bits per heavy atom. The SMILES string of the molecule is Cc1cc(C)c(CNC(=O)c2cc(-c3ccc(N4CCCCC4)nc3)cc3c2c(C)cn3C(C)C)c(=O)[nH]1. The summed E-state index contributed by atoms with van der Waals surface area (Å²) in [5, 5.41) is 3.95. The topological polar surface area (TPSA) is 83.0 Å². The van der Waals surface area contributed by atoms with Crippen LogP contribution in [-0.2, 0) is 6.54 Å². The highest BCUT2D eigenvalue weighted by atomic mass is 16.1. The Morgan fingerprint density at radius 3 is 2.45 bits per heavy atom. The maximum Gasteiger partial charge on any atom is 0.253 e. The summed E-state index contributed by atoms with van der Waals surface area (Å²) >= 11 is 0. The third-order valence-corrected chi connectivity index (χ3v) is 7.60. The summed E-state index contributed by atoms with van der Waals surface area (Å²) in [5.41, 5.74) is 6.68. The zero-order valence-corrected chi connectivity index (χ0v) is 23.0. The van der Waals surface area contributed by atoms with Gasteiger partial charge in [0, 0.05) is 71.4 Å². The van der Waals surface area contributed by atoms with Gasteiger partial charge in [-0.3, -0.25) is 9.59 Å². The highest BCUT2D eigenvalue weighted by molar-refractivity contribution is 6.09. The number of amides is 1. The van der Waals surface area contributed by atoms with E-state index in [0.29, 0.717) is 11.1 Å². The molecular formula is C31H37N5O2. The van der Waals surface area contributed by atoms with E-state index >= 15 is 0 Å². The number of fused-ring (bicyclic) bond motifs is 1. The van der Waals surface area contributed by atoms with E-state index in [2.05, 4.69) is 58.0 Å². The van der Waals surface area contributed by atoms with Gasteiger partial charge in [0.25, 0.3) is 11.5 Å². The van der Waals surface area contributed by atoms with E-state index in [1.54, 1.807) is 0 Å². The molecular weight excluding hydrogens is 474 g/mol. The van der Waals surface area contributed by atoms with E-state index in [1.165, 1.54) is 19.3 Å². The first-order valence-corrected chi connectivity index (χ1v) is 13.6.